The van der Waals surface area contributed by atoms with E-state index in [9.17, 15) is 5.11 Å². The second-order valence-electron chi connectivity index (χ2n) is 11.9. The molecule has 0 aliphatic carbocycles. The van der Waals surface area contributed by atoms with Crippen LogP contribution in [0.3, 0.4) is 0 Å². The highest BCUT2D eigenvalue weighted by molar-refractivity contribution is 5.61. The van der Waals surface area contributed by atoms with Crippen molar-refractivity contribution in [2.45, 2.75) is 94.1 Å². The molecule has 0 fully saturated rings. The van der Waals surface area contributed by atoms with Crippen LogP contribution in [0.4, 0.5) is 0 Å². The maximum Gasteiger partial charge on any atom is 0.0591 e. The summed E-state index contributed by atoms with van der Waals surface area (Å²) >= 11 is 0. The van der Waals surface area contributed by atoms with Crippen molar-refractivity contribution in [3.8, 4) is 0 Å². The zero-order valence-electron chi connectivity index (χ0n) is 27.4. The predicted octanol–water partition coefficient (Wildman–Crippen LogP) is 11.5. The number of allylic oxidation sites excluding steroid dienone is 19. The van der Waals surface area contributed by atoms with Crippen LogP contribution in [-0.2, 0) is 0 Å². The van der Waals surface area contributed by atoms with Gasteiger partial charge in [-0.15, -0.1) is 0 Å². The molecule has 220 valence electrons. The van der Waals surface area contributed by atoms with Gasteiger partial charge in [-0.25, -0.2) is 0 Å². The van der Waals surface area contributed by atoms with Crippen molar-refractivity contribution < 1.29 is 5.11 Å². The molecule has 0 aliphatic heterocycles. The van der Waals surface area contributed by atoms with Gasteiger partial charge < -0.3 is 5.11 Å². The van der Waals surface area contributed by atoms with Gasteiger partial charge in [-0.3, -0.25) is 0 Å². The number of aliphatic hydroxyl groups is 1. The van der Waals surface area contributed by atoms with Crippen LogP contribution >= 0.6 is 0 Å². The number of benzene rings is 1. The van der Waals surface area contributed by atoms with Gasteiger partial charge in [-0.2, -0.15) is 0 Å². The fraction of sp³-hybridized carbons (Fsp3) is 0.350. The number of hydrogen-bond acceptors (Lipinski definition) is 1. The SMILES string of the molecule is CC(C=CC=C(C)C=CC=C(C)CCCC(C)(C)O)=CC=CC=C(C)C=CC=C(C)C=Cc1c(C)ccc(C)c1C. The van der Waals surface area contributed by atoms with Gasteiger partial charge in [0.25, 0.3) is 0 Å². The molecule has 0 radical (unpaired) electrons. The van der Waals surface area contributed by atoms with Crippen LogP contribution in [-0.4, -0.2) is 10.7 Å². The molecule has 1 aromatic rings. The third-order valence-corrected chi connectivity index (χ3v) is 6.88. The predicted molar refractivity (Wildman–Crippen MR) is 185 cm³/mol. The highest BCUT2D eigenvalue weighted by Crippen LogP contribution is 2.20. The van der Waals surface area contributed by atoms with E-state index in [2.05, 4.69) is 159 Å². The molecule has 1 nitrogen and oxygen atoms in total. The van der Waals surface area contributed by atoms with Gasteiger partial charge in [0.2, 0.25) is 0 Å². The Morgan fingerprint density at radius 2 is 1.07 bits per heavy atom. The van der Waals surface area contributed by atoms with Crippen LogP contribution in [0.2, 0.25) is 0 Å². The first-order valence-electron chi connectivity index (χ1n) is 14.8. The zero-order valence-corrected chi connectivity index (χ0v) is 27.4. The highest BCUT2D eigenvalue weighted by Gasteiger charge is 2.10. The van der Waals surface area contributed by atoms with Crippen LogP contribution < -0.4 is 0 Å². The Bertz CT molecular complexity index is 1280. The van der Waals surface area contributed by atoms with Gasteiger partial charge >= 0.3 is 0 Å². The third-order valence-electron chi connectivity index (χ3n) is 6.88. The summed E-state index contributed by atoms with van der Waals surface area (Å²) in [5.41, 5.74) is 10.9. The monoisotopic (exact) mass is 550 g/mol. The maximum absolute atomic E-state index is 9.82. The second kappa shape index (κ2) is 18.8. The van der Waals surface area contributed by atoms with Gasteiger partial charge in [0.1, 0.15) is 0 Å². The van der Waals surface area contributed by atoms with E-state index in [4.69, 9.17) is 0 Å². The molecule has 41 heavy (non-hydrogen) atoms. The van der Waals surface area contributed by atoms with Crippen molar-refractivity contribution in [1.29, 1.82) is 0 Å². The van der Waals surface area contributed by atoms with Crippen molar-refractivity contribution in [2.24, 2.45) is 0 Å². The highest BCUT2D eigenvalue weighted by atomic mass is 16.3. The van der Waals surface area contributed by atoms with Gasteiger partial charge in [0.15, 0.2) is 0 Å². The molecule has 0 heterocycles. The van der Waals surface area contributed by atoms with Crippen LogP contribution in [0.25, 0.3) is 6.08 Å². The molecule has 0 unspecified atom stereocenters. The summed E-state index contributed by atoms with van der Waals surface area (Å²) in [5.74, 6) is 0. The molecule has 1 aromatic carbocycles. The van der Waals surface area contributed by atoms with Crippen LogP contribution in [0.15, 0.2) is 125 Å². The van der Waals surface area contributed by atoms with Crippen LogP contribution in [0.1, 0.15) is 90.0 Å². The summed E-state index contributed by atoms with van der Waals surface area (Å²) in [6, 6.07) is 4.38. The van der Waals surface area contributed by atoms with E-state index in [1.165, 1.54) is 50.1 Å². The van der Waals surface area contributed by atoms with E-state index in [0.29, 0.717) is 0 Å². The minimum Gasteiger partial charge on any atom is -0.390 e. The van der Waals surface area contributed by atoms with E-state index < -0.39 is 5.60 Å². The normalized spacial score (nSPS) is 15.2. The second-order valence-corrected chi connectivity index (χ2v) is 11.9. The molecule has 0 amide bonds. The molecule has 0 saturated carbocycles. The minimum absolute atomic E-state index is 0.576. The minimum atomic E-state index is -0.576. The summed E-state index contributed by atoms with van der Waals surface area (Å²) in [6.45, 7) is 20.9. The first-order valence-corrected chi connectivity index (χ1v) is 14.8. The molecule has 0 aromatic heterocycles. The summed E-state index contributed by atoms with van der Waals surface area (Å²) < 4.78 is 0. The molecule has 0 aliphatic rings. The van der Waals surface area contributed by atoms with Gasteiger partial charge in [0, 0.05) is 0 Å². The average Bonchev–Trinajstić information content (AvgIpc) is 2.88. The molecule has 0 spiro atoms. The van der Waals surface area contributed by atoms with E-state index in [-0.39, 0.29) is 0 Å². The summed E-state index contributed by atoms with van der Waals surface area (Å²) in [4.78, 5) is 0. The van der Waals surface area contributed by atoms with Gasteiger partial charge in [0.05, 0.1) is 5.60 Å². The third kappa shape index (κ3) is 17.1. The van der Waals surface area contributed by atoms with E-state index >= 15 is 0 Å². The molecular weight excluding hydrogens is 496 g/mol. The average molecular weight is 551 g/mol. The summed E-state index contributed by atoms with van der Waals surface area (Å²) in [7, 11) is 0. The lowest BCUT2D eigenvalue weighted by Crippen LogP contribution is -2.17. The molecule has 0 bridgehead atoms. The molecule has 1 N–H and O–H groups in total. The Morgan fingerprint density at radius 1 is 0.634 bits per heavy atom. The Balaban J connectivity index is 2.58. The van der Waals surface area contributed by atoms with Crippen molar-refractivity contribution in [3.63, 3.8) is 0 Å². The first-order chi connectivity index (χ1) is 19.3. The molecule has 1 rings (SSSR count). The number of hydrogen-bond donors (Lipinski definition) is 1. The molecular formula is C40H54O. The van der Waals surface area contributed by atoms with E-state index in [0.717, 1.165) is 19.3 Å². The van der Waals surface area contributed by atoms with Gasteiger partial charge in [-0.05, 0) is 111 Å². The largest absolute Gasteiger partial charge is 0.390 e. The van der Waals surface area contributed by atoms with Crippen LogP contribution in [0.5, 0.6) is 0 Å². The number of rotatable bonds is 14. The fourth-order valence-corrected chi connectivity index (χ4v) is 4.03. The Kier molecular flexibility index (Phi) is 16.4. The van der Waals surface area contributed by atoms with Crippen molar-refractivity contribution >= 4 is 6.08 Å². The Morgan fingerprint density at radius 3 is 1.59 bits per heavy atom. The zero-order chi connectivity index (χ0) is 30.8. The summed E-state index contributed by atoms with van der Waals surface area (Å²) in [6.07, 6.45) is 34.8. The first kappa shape index (κ1) is 35.6. The van der Waals surface area contributed by atoms with Crippen LogP contribution in [0, 0.1) is 20.8 Å². The molecule has 0 saturated heterocycles. The summed E-state index contributed by atoms with van der Waals surface area (Å²) in [5, 5.41) is 9.82. The topological polar surface area (TPSA) is 20.2 Å². The van der Waals surface area contributed by atoms with Gasteiger partial charge in [-0.1, -0.05) is 131 Å². The number of aryl methyl sites for hydroxylation is 2. The quantitative estimate of drug-likeness (QED) is 0.228. The van der Waals surface area contributed by atoms with Crippen molar-refractivity contribution in [1.82, 2.24) is 0 Å². The maximum atomic E-state index is 9.82. The fourth-order valence-electron chi connectivity index (χ4n) is 4.03. The van der Waals surface area contributed by atoms with E-state index in [1.807, 2.05) is 13.8 Å². The Labute approximate surface area is 252 Å². The molecule has 1 heteroatoms. The lowest BCUT2D eigenvalue weighted by Gasteiger charge is -2.16. The van der Waals surface area contributed by atoms with Crippen molar-refractivity contribution in [3.05, 3.63) is 147 Å². The lowest BCUT2D eigenvalue weighted by molar-refractivity contribution is 0.0689. The van der Waals surface area contributed by atoms with Crippen molar-refractivity contribution in [2.75, 3.05) is 0 Å². The lowest BCUT2D eigenvalue weighted by atomic mass is 9.97. The smallest absolute Gasteiger partial charge is 0.0591 e. The van der Waals surface area contributed by atoms with E-state index in [1.54, 1.807) is 0 Å². The standard InChI is InChI=1S/C40H54O/c1-31(19-13-21-33(3)22-14-23-34(4)25-16-30-40(9,10)41)17-11-12-18-32(2)20-15-24-35(5)26-29-39-37(7)28-27-36(6)38(39)8/h11-15,17-24,26-29,41H,16,25,30H2,1-10H3. The molecule has 0 atom stereocenters. The Hall–Kier alpha value is -3.42.